The number of nitrogens with zero attached hydrogens (tertiary/aromatic N) is 2. The first-order valence-corrected chi connectivity index (χ1v) is 10.2. The Balaban J connectivity index is 1.39. The number of thiophene rings is 1. The predicted octanol–water partition coefficient (Wildman–Crippen LogP) is 2.99. The van der Waals surface area contributed by atoms with Gasteiger partial charge in [-0.2, -0.15) is 11.3 Å². The number of rotatable bonds is 6. The Bertz CT molecular complexity index is 799. The number of hydrogen-bond donors (Lipinski definition) is 1. The maximum absolute atomic E-state index is 12.3. The largest absolute Gasteiger partial charge is 0.351 e. The summed E-state index contributed by atoms with van der Waals surface area (Å²) in [4.78, 5) is 28.4. The summed E-state index contributed by atoms with van der Waals surface area (Å²) in [7, 11) is 0. The highest BCUT2D eigenvalue weighted by molar-refractivity contribution is 7.08. The van der Waals surface area contributed by atoms with Gasteiger partial charge in [0.25, 0.3) is 5.91 Å². The first-order valence-electron chi connectivity index (χ1n) is 8.88. The number of hydrogen-bond acceptors (Lipinski definition) is 4. The van der Waals surface area contributed by atoms with Gasteiger partial charge in [-0.3, -0.25) is 14.5 Å². The van der Waals surface area contributed by atoms with Crippen molar-refractivity contribution >= 4 is 40.8 Å². The van der Waals surface area contributed by atoms with Gasteiger partial charge in [0.15, 0.2) is 0 Å². The van der Waals surface area contributed by atoms with Gasteiger partial charge in [0.1, 0.15) is 0 Å². The van der Waals surface area contributed by atoms with E-state index >= 15 is 0 Å². The van der Waals surface area contributed by atoms with Gasteiger partial charge in [-0.05, 0) is 29.2 Å². The third-order valence-electron chi connectivity index (χ3n) is 4.49. The molecule has 1 aromatic carbocycles. The first-order chi connectivity index (χ1) is 13.1. The topological polar surface area (TPSA) is 52.7 Å². The number of carbonyl (C=O) groups is 2. The van der Waals surface area contributed by atoms with Crippen LogP contribution in [0.3, 0.4) is 0 Å². The Morgan fingerprint density at radius 3 is 2.63 bits per heavy atom. The lowest BCUT2D eigenvalue weighted by Crippen LogP contribution is -2.49. The molecule has 0 radical (unpaired) electrons. The molecule has 0 unspecified atom stereocenters. The molecule has 1 saturated heterocycles. The van der Waals surface area contributed by atoms with Gasteiger partial charge in [-0.1, -0.05) is 29.8 Å². The van der Waals surface area contributed by atoms with Crippen molar-refractivity contribution in [3.63, 3.8) is 0 Å². The molecular weight excluding hydrogens is 382 g/mol. The first kappa shape index (κ1) is 19.6. The van der Waals surface area contributed by atoms with Gasteiger partial charge in [0.05, 0.1) is 0 Å². The molecule has 0 atom stereocenters. The SMILES string of the molecule is O=C(NCCN1CCN(C(=O)/C=C/c2ccccc2Cl)CC1)c1ccsc1. The molecule has 5 nitrogen and oxygen atoms in total. The summed E-state index contributed by atoms with van der Waals surface area (Å²) in [5.74, 6) is -0.0323. The third kappa shape index (κ3) is 5.66. The van der Waals surface area contributed by atoms with Crippen LogP contribution < -0.4 is 5.32 Å². The van der Waals surface area contributed by atoms with Gasteiger partial charge in [-0.25, -0.2) is 0 Å². The van der Waals surface area contributed by atoms with E-state index in [0.29, 0.717) is 30.2 Å². The molecule has 2 amide bonds. The fourth-order valence-electron chi connectivity index (χ4n) is 2.89. The van der Waals surface area contributed by atoms with Crippen LogP contribution in [0.2, 0.25) is 5.02 Å². The second-order valence-electron chi connectivity index (χ2n) is 6.29. The van der Waals surface area contributed by atoms with Crippen LogP contribution in [-0.2, 0) is 4.79 Å². The normalized spacial score (nSPS) is 15.2. The molecule has 1 aliphatic rings. The fourth-order valence-corrected chi connectivity index (χ4v) is 3.73. The quantitative estimate of drug-likeness (QED) is 0.754. The summed E-state index contributed by atoms with van der Waals surface area (Å²) in [5.41, 5.74) is 1.55. The Morgan fingerprint density at radius 1 is 1.15 bits per heavy atom. The molecule has 0 bridgehead atoms. The number of halogens is 1. The second-order valence-corrected chi connectivity index (χ2v) is 7.48. The molecule has 27 heavy (non-hydrogen) atoms. The molecule has 0 aliphatic carbocycles. The maximum Gasteiger partial charge on any atom is 0.252 e. The lowest BCUT2D eigenvalue weighted by atomic mass is 10.2. The molecule has 142 valence electrons. The van der Waals surface area contributed by atoms with E-state index in [1.165, 1.54) is 11.3 Å². The van der Waals surface area contributed by atoms with E-state index in [-0.39, 0.29) is 11.8 Å². The minimum absolute atomic E-state index is 0.000306. The summed E-state index contributed by atoms with van der Waals surface area (Å²) in [5, 5.41) is 7.30. The van der Waals surface area contributed by atoms with Crippen LogP contribution in [0, 0.1) is 0 Å². The standard InChI is InChI=1S/C20H22ClN3O2S/c21-18-4-2-1-3-16(18)5-6-19(25)24-12-10-23(11-13-24)9-8-22-20(26)17-7-14-27-15-17/h1-7,14-15H,8-13H2,(H,22,26)/b6-5+. The van der Waals surface area contributed by atoms with Crippen LogP contribution in [0.25, 0.3) is 6.08 Å². The molecule has 1 aliphatic heterocycles. The summed E-state index contributed by atoms with van der Waals surface area (Å²) in [6.07, 6.45) is 3.34. The maximum atomic E-state index is 12.3. The highest BCUT2D eigenvalue weighted by Crippen LogP contribution is 2.16. The zero-order valence-corrected chi connectivity index (χ0v) is 16.5. The molecular formula is C20H22ClN3O2S. The van der Waals surface area contributed by atoms with Crippen molar-refractivity contribution in [2.24, 2.45) is 0 Å². The van der Waals surface area contributed by atoms with Crippen molar-refractivity contribution in [1.82, 2.24) is 15.1 Å². The summed E-state index contributed by atoms with van der Waals surface area (Å²) in [6, 6.07) is 9.27. The average molecular weight is 404 g/mol. The minimum Gasteiger partial charge on any atom is -0.351 e. The minimum atomic E-state index is -0.0326. The van der Waals surface area contributed by atoms with Gasteiger partial charge in [0.2, 0.25) is 5.91 Å². The number of piperazine rings is 1. The van der Waals surface area contributed by atoms with E-state index in [1.807, 2.05) is 46.0 Å². The van der Waals surface area contributed by atoms with E-state index in [1.54, 1.807) is 12.2 Å². The summed E-state index contributed by atoms with van der Waals surface area (Å²) < 4.78 is 0. The fraction of sp³-hybridized carbons (Fsp3) is 0.300. The highest BCUT2D eigenvalue weighted by atomic mass is 35.5. The van der Waals surface area contributed by atoms with Crippen molar-refractivity contribution in [2.45, 2.75) is 0 Å². The van der Waals surface area contributed by atoms with Crippen molar-refractivity contribution < 1.29 is 9.59 Å². The van der Waals surface area contributed by atoms with E-state index in [4.69, 9.17) is 11.6 Å². The van der Waals surface area contributed by atoms with Crippen LogP contribution >= 0.6 is 22.9 Å². The predicted molar refractivity (Wildman–Crippen MR) is 110 cm³/mol. The third-order valence-corrected chi connectivity index (χ3v) is 5.52. The lowest BCUT2D eigenvalue weighted by Gasteiger charge is -2.34. The highest BCUT2D eigenvalue weighted by Gasteiger charge is 2.19. The average Bonchev–Trinajstić information content (AvgIpc) is 3.22. The van der Waals surface area contributed by atoms with E-state index in [9.17, 15) is 9.59 Å². The van der Waals surface area contributed by atoms with E-state index in [0.717, 1.165) is 25.2 Å². The molecule has 0 spiro atoms. The molecule has 3 rings (SSSR count). The molecule has 1 N–H and O–H groups in total. The number of amides is 2. The Hall–Kier alpha value is -2.15. The lowest BCUT2D eigenvalue weighted by molar-refractivity contribution is -0.127. The van der Waals surface area contributed by atoms with E-state index < -0.39 is 0 Å². The smallest absolute Gasteiger partial charge is 0.252 e. The van der Waals surface area contributed by atoms with Gasteiger partial charge >= 0.3 is 0 Å². The second kappa shape index (κ2) is 9.69. The molecule has 0 saturated carbocycles. The number of carbonyl (C=O) groups excluding carboxylic acids is 2. The zero-order chi connectivity index (χ0) is 19.1. The van der Waals surface area contributed by atoms with Crippen LogP contribution in [0.1, 0.15) is 15.9 Å². The Kier molecular flexibility index (Phi) is 7.04. The summed E-state index contributed by atoms with van der Waals surface area (Å²) in [6.45, 7) is 4.37. The molecule has 7 heteroatoms. The van der Waals surface area contributed by atoms with Crippen LogP contribution in [0.4, 0.5) is 0 Å². The van der Waals surface area contributed by atoms with Crippen LogP contribution in [0.5, 0.6) is 0 Å². The monoisotopic (exact) mass is 403 g/mol. The van der Waals surface area contributed by atoms with Crippen molar-refractivity contribution in [3.05, 3.63) is 63.3 Å². The molecule has 2 aromatic rings. The van der Waals surface area contributed by atoms with E-state index in [2.05, 4.69) is 10.2 Å². The van der Waals surface area contributed by atoms with Crippen LogP contribution in [0.15, 0.2) is 47.2 Å². The zero-order valence-electron chi connectivity index (χ0n) is 14.9. The Labute approximate surface area is 168 Å². The van der Waals surface area contributed by atoms with Gasteiger partial charge in [0, 0.05) is 61.3 Å². The summed E-state index contributed by atoms with van der Waals surface area (Å²) >= 11 is 7.62. The van der Waals surface area contributed by atoms with Crippen LogP contribution in [-0.4, -0.2) is 60.9 Å². The van der Waals surface area contributed by atoms with Crippen molar-refractivity contribution in [2.75, 3.05) is 39.3 Å². The van der Waals surface area contributed by atoms with Gasteiger partial charge < -0.3 is 10.2 Å². The van der Waals surface area contributed by atoms with Crippen molar-refractivity contribution in [3.8, 4) is 0 Å². The number of benzene rings is 1. The van der Waals surface area contributed by atoms with Gasteiger partial charge in [-0.15, -0.1) is 0 Å². The number of nitrogens with one attached hydrogen (secondary N) is 1. The molecule has 1 aromatic heterocycles. The molecule has 1 fully saturated rings. The molecule has 2 heterocycles. The Morgan fingerprint density at radius 2 is 1.93 bits per heavy atom. The van der Waals surface area contributed by atoms with Crippen molar-refractivity contribution in [1.29, 1.82) is 0 Å².